The molecule has 136 valence electrons. The second-order valence-electron chi connectivity index (χ2n) is 7.53. The highest BCUT2D eigenvalue weighted by Gasteiger charge is 2.46. The van der Waals surface area contributed by atoms with Crippen LogP contribution in [0.5, 0.6) is 0 Å². The topological polar surface area (TPSA) is 115 Å². The van der Waals surface area contributed by atoms with Gasteiger partial charge in [0.05, 0.1) is 11.0 Å². The molecular formula is C16H23N5O4. The Bertz CT molecular complexity index is 702. The van der Waals surface area contributed by atoms with Gasteiger partial charge in [0, 0.05) is 31.6 Å². The van der Waals surface area contributed by atoms with E-state index >= 15 is 0 Å². The molecule has 2 N–H and O–H groups in total. The van der Waals surface area contributed by atoms with E-state index in [1.54, 1.807) is 11.0 Å². The summed E-state index contributed by atoms with van der Waals surface area (Å²) in [5.41, 5.74) is 4.97. The summed E-state index contributed by atoms with van der Waals surface area (Å²) in [7, 11) is 0. The fourth-order valence-corrected chi connectivity index (χ4v) is 3.32. The van der Waals surface area contributed by atoms with Gasteiger partial charge in [0.2, 0.25) is 5.82 Å². The molecular weight excluding hydrogens is 326 g/mol. The molecule has 1 amide bonds. The number of nitrogens with zero attached hydrogens (tertiary/aromatic N) is 4. The average Bonchev–Trinajstić information content (AvgIpc) is 2.46. The molecule has 2 fully saturated rings. The van der Waals surface area contributed by atoms with E-state index in [-0.39, 0.29) is 23.6 Å². The Morgan fingerprint density at radius 2 is 2.12 bits per heavy atom. The lowest BCUT2D eigenvalue weighted by atomic mass is 9.82. The van der Waals surface area contributed by atoms with E-state index in [0.717, 1.165) is 13.0 Å². The molecule has 0 unspecified atom stereocenters. The zero-order valence-electron chi connectivity index (χ0n) is 14.6. The highest BCUT2D eigenvalue weighted by Crippen LogP contribution is 2.35. The fourth-order valence-electron chi connectivity index (χ4n) is 3.32. The van der Waals surface area contributed by atoms with Crippen LogP contribution < -0.4 is 10.6 Å². The largest absolute Gasteiger partial charge is 0.444 e. The number of carbonyl (C=O) groups excluding carboxylic acids is 1. The van der Waals surface area contributed by atoms with Gasteiger partial charge in [-0.2, -0.15) is 0 Å². The molecule has 9 heteroatoms. The predicted octanol–water partition coefficient (Wildman–Crippen LogP) is 2.02. The number of anilines is 2. The SMILES string of the molecule is CC(C)(C)OC(=O)N1C[C@H]2CCN(c3ccc([N+](=O)[O-])c(N)n3)C[C@H]21. The number of rotatable bonds is 2. The standard InChI is InChI=1S/C16H23N5O4/c1-16(2,3)25-15(22)20-8-10-6-7-19(9-12(10)20)13-5-4-11(21(23)24)14(17)18-13/h4-5,10,12H,6-9H2,1-3H3,(H2,17,18)/t10-,12-/m1/s1. The van der Waals surface area contributed by atoms with Crippen molar-refractivity contribution in [3.63, 3.8) is 0 Å². The lowest BCUT2D eigenvalue weighted by Gasteiger charge is -2.53. The Hall–Kier alpha value is -2.58. The van der Waals surface area contributed by atoms with Crippen LogP contribution in [0.15, 0.2) is 12.1 Å². The summed E-state index contributed by atoms with van der Waals surface area (Å²) in [6.07, 6.45) is 0.634. The van der Waals surface area contributed by atoms with Gasteiger partial charge in [-0.3, -0.25) is 10.1 Å². The molecule has 25 heavy (non-hydrogen) atoms. The minimum absolute atomic E-state index is 0.0711. The first-order chi connectivity index (χ1) is 11.7. The van der Waals surface area contributed by atoms with E-state index in [0.29, 0.717) is 24.8 Å². The van der Waals surface area contributed by atoms with Crippen molar-refractivity contribution in [3.05, 3.63) is 22.2 Å². The van der Waals surface area contributed by atoms with Gasteiger partial charge in [-0.15, -0.1) is 0 Å². The monoisotopic (exact) mass is 349 g/mol. The second-order valence-corrected chi connectivity index (χ2v) is 7.53. The second kappa shape index (κ2) is 6.05. The Morgan fingerprint density at radius 1 is 1.40 bits per heavy atom. The molecule has 2 aliphatic heterocycles. The third-order valence-electron chi connectivity index (χ3n) is 4.59. The van der Waals surface area contributed by atoms with E-state index in [9.17, 15) is 14.9 Å². The number of carbonyl (C=O) groups is 1. The molecule has 2 aliphatic rings. The molecule has 0 radical (unpaired) electrons. The Balaban J connectivity index is 1.70. The normalized spacial score (nSPS) is 22.8. The maximum Gasteiger partial charge on any atom is 0.410 e. The van der Waals surface area contributed by atoms with Crippen LogP contribution in [0.4, 0.5) is 22.1 Å². The maximum atomic E-state index is 12.3. The molecule has 0 aliphatic carbocycles. The third-order valence-corrected chi connectivity index (χ3v) is 4.59. The highest BCUT2D eigenvalue weighted by atomic mass is 16.6. The number of aromatic nitrogens is 1. The molecule has 3 heterocycles. The number of piperidine rings is 1. The van der Waals surface area contributed by atoms with Crippen LogP contribution in [0, 0.1) is 16.0 Å². The van der Waals surface area contributed by atoms with Crippen LogP contribution in [0.3, 0.4) is 0 Å². The number of fused-ring (bicyclic) bond motifs is 1. The number of nitro groups is 1. The van der Waals surface area contributed by atoms with E-state index < -0.39 is 10.5 Å². The number of hydrogen-bond donors (Lipinski definition) is 1. The zero-order chi connectivity index (χ0) is 18.4. The van der Waals surface area contributed by atoms with Gasteiger partial charge in [0.1, 0.15) is 11.4 Å². The van der Waals surface area contributed by atoms with Gasteiger partial charge in [0.25, 0.3) is 0 Å². The lowest BCUT2D eigenvalue weighted by Crippen LogP contribution is -2.66. The van der Waals surface area contributed by atoms with Crippen molar-refractivity contribution in [2.75, 3.05) is 30.3 Å². The summed E-state index contributed by atoms with van der Waals surface area (Å²) in [5, 5.41) is 10.9. The van der Waals surface area contributed by atoms with Crippen molar-refractivity contribution in [1.82, 2.24) is 9.88 Å². The number of nitrogens with two attached hydrogens (primary N) is 1. The molecule has 0 spiro atoms. The summed E-state index contributed by atoms with van der Waals surface area (Å²) in [4.78, 5) is 30.5. The number of nitrogen functional groups attached to an aromatic ring is 1. The van der Waals surface area contributed by atoms with Crippen molar-refractivity contribution >= 4 is 23.4 Å². The van der Waals surface area contributed by atoms with Crippen LogP contribution in [-0.4, -0.2) is 52.2 Å². The quantitative estimate of drug-likeness (QED) is 0.641. The van der Waals surface area contributed by atoms with Crippen molar-refractivity contribution in [2.45, 2.75) is 38.8 Å². The van der Waals surface area contributed by atoms with Crippen LogP contribution >= 0.6 is 0 Å². The van der Waals surface area contributed by atoms with Crippen molar-refractivity contribution in [2.24, 2.45) is 5.92 Å². The molecule has 2 saturated heterocycles. The molecule has 0 aromatic carbocycles. The highest BCUT2D eigenvalue weighted by molar-refractivity contribution is 5.70. The van der Waals surface area contributed by atoms with Crippen LogP contribution in [0.25, 0.3) is 0 Å². The first-order valence-corrected chi connectivity index (χ1v) is 8.31. The van der Waals surface area contributed by atoms with Crippen LogP contribution in [0.1, 0.15) is 27.2 Å². The van der Waals surface area contributed by atoms with Gasteiger partial charge in [0.15, 0.2) is 0 Å². The molecule has 1 aromatic heterocycles. The molecule has 1 aromatic rings. The summed E-state index contributed by atoms with van der Waals surface area (Å²) in [6.45, 7) is 7.65. The van der Waals surface area contributed by atoms with E-state index in [1.165, 1.54) is 6.07 Å². The third kappa shape index (κ3) is 3.45. The predicted molar refractivity (Wildman–Crippen MR) is 92.4 cm³/mol. The molecule has 3 rings (SSSR count). The first-order valence-electron chi connectivity index (χ1n) is 8.31. The summed E-state index contributed by atoms with van der Waals surface area (Å²) in [5.74, 6) is 0.957. The van der Waals surface area contributed by atoms with Crippen molar-refractivity contribution in [3.8, 4) is 0 Å². The number of likely N-dealkylation sites (tertiary alicyclic amines) is 1. The smallest absolute Gasteiger partial charge is 0.410 e. The number of pyridine rings is 1. The first kappa shape index (κ1) is 17.2. The molecule has 0 saturated carbocycles. The Kier molecular flexibility index (Phi) is 4.18. The summed E-state index contributed by atoms with van der Waals surface area (Å²) in [6, 6.07) is 3.04. The Labute approximate surface area is 145 Å². The van der Waals surface area contributed by atoms with Gasteiger partial charge in [-0.1, -0.05) is 0 Å². The van der Waals surface area contributed by atoms with Gasteiger partial charge in [-0.05, 0) is 33.3 Å². The number of amides is 1. The van der Waals surface area contributed by atoms with E-state index in [1.807, 2.05) is 25.7 Å². The van der Waals surface area contributed by atoms with Crippen LogP contribution in [0.2, 0.25) is 0 Å². The number of hydrogen-bond acceptors (Lipinski definition) is 7. The summed E-state index contributed by atoms with van der Waals surface area (Å²) >= 11 is 0. The molecule has 2 atom stereocenters. The van der Waals surface area contributed by atoms with E-state index in [2.05, 4.69) is 4.98 Å². The van der Waals surface area contributed by atoms with Crippen molar-refractivity contribution in [1.29, 1.82) is 0 Å². The fraction of sp³-hybridized carbons (Fsp3) is 0.625. The van der Waals surface area contributed by atoms with Gasteiger partial charge >= 0.3 is 11.8 Å². The van der Waals surface area contributed by atoms with E-state index in [4.69, 9.17) is 10.5 Å². The molecule has 0 bridgehead atoms. The number of ether oxygens (including phenoxy) is 1. The summed E-state index contributed by atoms with van der Waals surface area (Å²) < 4.78 is 5.45. The Morgan fingerprint density at radius 3 is 2.72 bits per heavy atom. The van der Waals surface area contributed by atoms with Gasteiger partial charge < -0.3 is 20.3 Å². The molecule has 9 nitrogen and oxygen atoms in total. The average molecular weight is 349 g/mol. The van der Waals surface area contributed by atoms with Gasteiger partial charge in [-0.25, -0.2) is 9.78 Å². The lowest BCUT2D eigenvalue weighted by molar-refractivity contribution is -0.384. The van der Waals surface area contributed by atoms with Crippen molar-refractivity contribution < 1.29 is 14.5 Å². The minimum Gasteiger partial charge on any atom is -0.444 e. The maximum absolute atomic E-state index is 12.3. The van der Waals surface area contributed by atoms with Crippen LogP contribution in [-0.2, 0) is 4.74 Å². The zero-order valence-corrected chi connectivity index (χ0v) is 14.6. The minimum atomic E-state index is -0.547.